The average Bonchev–Trinajstić information content (AvgIpc) is 2.08. The van der Waals surface area contributed by atoms with Crippen LogP contribution >= 0.6 is 0 Å². The minimum Gasteiger partial charge on any atom is -0.574 e. The lowest BCUT2D eigenvalue weighted by molar-refractivity contribution is -0.360. The maximum absolute atomic E-state index is 13.0. The quantitative estimate of drug-likeness (QED) is 0.794. The van der Waals surface area contributed by atoms with E-state index in [1.54, 1.807) is 0 Å². The van der Waals surface area contributed by atoms with Crippen LogP contribution in [0.1, 0.15) is 0 Å². The molecule has 4 nitrogen and oxygen atoms in total. The molecule has 0 saturated carbocycles. The van der Waals surface area contributed by atoms with Crippen LogP contribution in [0.3, 0.4) is 0 Å². The summed E-state index contributed by atoms with van der Waals surface area (Å²) in [4.78, 5) is 0. The summed E-state index contributed by atoms with van der Waals surface area (Å²) in [5, 5.41) is 0. The van der Waals surface area contributed by atoms with Gasteiger partial charge in [-0.2, -0.15) is 0 Å². The van der Waals surface area contributed by atoms with Crippen molar-refractivity contribution in [1.29, 1.82) is 0 Å². The Labute approximate surface area is 82.0 Å². The molecule has 0 atom stereocenters. The lowest BCUT2D eigenvalue weighted by atomic mass is 10.3. The molecule has 0 radical (unpaired) electrons. The Morgan fingerprint density at radius 3 is 2.57 bits per heavy atom. The summed E-state index contributed by atoms with van der Waals surface area (Å²) in [6, 6.07) is 5.48. The maximum atomic E-state index is 13.0. The van der Waals surface area contributed by atoms with Crippen molar-refractivity contribution in [3.63, 3.8) is 0 Å². The second-order valence-electron chi connectivity index (χ2n) is 2.68. The van der Waals surface area contributed by atoms with E-state index in [0.29, 0.717) is 0 Å². The Morgan fingerprint density at radius 2 is 2.00 bits per heavy atom. The largest absolute Gasteiger partial charge is 0.574 e. The highest BCUT2D eigenvalue weighted by Crippen LogP contribution is 2.25. The SMILES string of the molecule is [NH3+]CCS(=O)(=O)[N-]c1ccccc1F. The molecule has 1 rings (SSSR count). The number of rotatable bonds is 4. The molecular weight excluding hydrogens is 207 g/mol. The second-order valence-corrected chi connectivity index (χ2v) is 4.44. The molecule has 0 bridgehead atoms. The number of benzene rings is 1. The lowest BCUT2D eigenvalue weighted by Gasteiger charge is -2.20. The van der Waals surface area contributed by atoms with Crippen LogP contribution in [0.5, 0.6) is 0 Å². The standard InChI is InChI=1S/C8H10FN2O2S/c9-7-3-1-2-4-8(7)11-14(12,13)6-5-10/h1-4H,5-6,10H2/q-1/p+1. The summed E-state index contributed by atoms with van der Waals surface area (Å²) in [5.74, 6) is -0.804. The highest BCUT2D eigenvalue weighted by Gasteiger charge is 2.01. The zero-order chi connectivity index (χ0) is 10.6. The van der Waals surface area contributed by atoms with Crippen molar-refractivity contribution in [2.24, 2.45) is 0 Å². The molecule has 0 aliphatic rings. The van der Waals surface area contributed by atoms with Gasteiger partial charge in [0, 0.05) is 0 Å². The predicted octanol–water partition coefficient (Wildman–Crippen LogP) is 0.403. The van der Waals surface area contributed by atoms with Gasteiger partial charge in [-0.3, -0.25) is 0 Å². The van der Waals surface area contributed by atoms with Crippen molar-refractivity contribution in [2.45, 2.75) is 0 Å². The van der Waals surface area contributed by atoms with E-state index in [-0.39, 0.29) is 18.0 Å². The third kappa shape index (κ3) is 2.97. The smallest absolute Gasteiger partial charge is 0.109 e. The molecule has 0 aliphatic heterocycles. The van der Waals surface area contributed by atoms with Gasteiger partial charge in [0.1, 0.15) is 5.82 Å². The van der Waals surface area contributed by atoms with Gasteiger partial charge in [0.25, 0.3) is 0 Å². The molecule has 0 aliphatic carbocycles. The molecule has 1 aromatic rings. The number of halogens is 1. The van der Waals surface area contributed by atoms with E-state index in [9.17, 15) is 12.8 Å². The number of sulfonamides is 1. The maximum Gasteiger partial charge on any atom is 0.109 e. The van der Waals surface area contributed by atoms with Gasteiger partial charge in [0.05, 0.1) is 22.3 Å². The van der Waals surface area contributed by atoms with E-state index in [2.05, 4.69) is 10.5 Å². The minimum absolute atomic E-state index is 0.152. The zero-order valence-electron chi connectivity index (χ0n) is 7.48. The first-order valence-electron chi connectivity index (χ1n) is 4.04. The van der Waals surface area contributed by atoms with Crippen molar-refractivity contribution in [3.8, 4) is 0 Å². The predicted molar refractivity (Wildman–Crippen MR) is 51.0 cm³/mol. The van der Waals surface area contributed by atoms with E-state index in [1.807, 2.05) is 0 Å². The lowest BCUT2D eigenvalue weighted by Crippen LogP contribution is -2.52. The molecule has 6 heteroatoms. The van der Waals surface area contributed by atoms with Gasteiger partial charge >= 0.3 is 0 Å². The van der Waals surface area contributed by atoms with Gasteiger partial charge in [-0.1, -0.05) is 23.9 Å². The van der Waals surface area contributed by atoms with E-state index in [4.69, 9.17) is 0 Å². The summed E-state index contributed by atoms with van der Waals surface area (Å²) < 4.78 is 38.7. The van der Waals surface area contributed by atoms with E-state index >= 15 is 0 Å². The number of hydrogen-bond donors (Lipinski definition) is 1. The Kier molecular flexibility index (Phi) is 3.43. The molecule has 0 saturated heterocycles. The number of nitrogens with zero attached hydrogens (tertiary/aromatic N) is 1. The fourth-order valence-corrected chi connectivity index (χ4v) is 1.81. The topological polar surface area (TPSA) is 75.9 Å². The van der Waals surface area contributed by atoms with Gasteiger partial charge in [0.2, 0.25) is 0 Å². The van der Waals surface area contributed by atoms with E-state index in [1.165, 1.54) is 24.3 Å². The van der Waals surface area contributed by atoms with Crippen LogP contribution in [0, 0.1) is 5.82 Å². The first-order chi connectivity index (χ1) is 6.55. The van der Waals surface area contributed by atoms with Gasteiger partial charge in [-0.05, 0) is 6.07 Å². The summed E-state index contributed by atoms with van der Waals surface area (Å²) in [5.41, 5.74) is 3.25. The van der Waals surface area contributed by atoms with Gasteiger partial charge in [0.15, 0.2) is 0 Å². The highest BCUT2D eigenvalue weighted by molar-refractivity contribution is 7.94. The molecule has 14 heavy (non-hydrogen) atoms. The van der Waals surface area contributed by atoms with Crippen molar-refractivity contribution in [2.75, 3.05) is 12.3 Å². The van der Waals surface area contributed by atoms with Crippen molar-refractivity contribution in [1.82, 2.24) is 0 Å². The molecule has 1 aromatic carbocycles. The van der Waals surface area contributed by atoms with Gasteiger partial charge in [-0.25, -0.2) is 12.8 Å². The van der Waals surface area contributed by atoms with Crippen molar-refractivity contribution in [3.05, 3.63) is 34.8 Å². The molecule has 0 spiro atoms. The first-order valence-corrected chi connectivity index (χ1v) is 5.65. The van der Waals surface area contributed by atoms with Crippen LogP contribution in [0.4, 0.5) is 10.1 Å². The number of quaternary nitrogens is 1. The Bertz CT molecular complexity index is 406. The molecule has 0 unspecified atom stereocenters. The normalized spacial score (nSPS) is 11.3. The summed E-state index contributed by atoms with van der Waals surface area (Å²) in [7, 11) is -3.58. The molecule has 0 heterocycles. The summed E-state index contributed by atoms with van der Waals surface area (Å²) >= 11 is 0. The summed E-state index contributed by atoms with van der Waals surface area (Å²) in [6.45, 7) is 0.223. The van der Waals surface area contributed by atoms with E-state index < -0.39 is 15.8 Å². The van der Waals surface area contributed by atoms with Crippen LogP contribution in [0.25, 0.3) is 4.72 Å². The first kappa shape index (κ1) is 10.9. The minimum atomic E-state index is -3.58. The average molecular weight is 218 g/mol. The molecule has 0 amide bonds. The molecule has 0 fully saturated rings. The molecule has 78 valence electrons. The van der Waals surface area contributed by atoms with Gasteiger partial charge in [-0.15, -0.1) is 0 Å². The number of hydrogen-bond acceptors (Lipinski definition) is 2. The molecule has 0 aromatic heterocycles. The van der Waals surface area contributed by atoms with Crippen LogP contribution in [0.15, 0.2) is 24.3 Å². The van der Waals surface area contributed by atoms with E-state index in [0.717, 1.165) is 0 Å². The third-order valence-corrected chi connectivity index (χ3v) is 2.77. The van der Waals surface area contributed by atoms with Crippen LogP contribution in [0.2, 0.25) is 0 Å². The Balaban J connectivity index is 2.84. The third-order valence-electron chi connectivity index (χ3n) is 1.49. The molecular formula is C8H11FN2O2S. The summed E-state index contributed by atoms with van der Waals surface area (Å²) in [6.07, 6.45) is 0. The Morgan fingerprint density at radius 1 is 1.36 bits per heavy atom. The fraction of sp³-hybridized carbons (Fsp3) is 0.250. The van der Waals surface area contributed by atoms with Crippen molar-refractivity contribution < 1.29 is 18.5 Å². The fourth-order valence-electron chi connectivity index (χ4n) is 0.904. The highest BCUT2D eigenvalue weighted by atomic mass is 32.2. The van der Waals surface area contributed by atoms with Gasteiger partial charge < -0.3 is 10.5 Å². The monoisotopic (exact) mass is 218 g/mol. The zero-order valence-corrected chi connectivity index (χ0v) is 8.30. The second kappa shape index (κ2) is 4.39. The van der Waals surface area contributed by atoms with Crippen LogP contribution in [-0.2, 0) is 10.0 Å². The Hall–Kier alpha value is -1.14. The molecule has 3 N–H and O–H groups in total. The van der Waals surface area contributed by atoms with Crippen LogP contribution < -0.4 is 5.73 Å². The van der Waals surface area contributed by atoms with Crippen LogP contribution in [-0.4, -0.2) is 20.7 Å². The van der Waals surface area contributed by atoms with Crippen molar-refractivity contribution >= 4 is 15.7 Å².